The number of amides is 1. The van der Waals surface area contributed by atoms with Crippen molar-refractivity contribution >= 4 is 53.3 Å². The average molecular weight is 484 g/mol. The Morgan fingerprint density at radius 1 is 1.28 bits per heavy atom. The van der Waals surface area contributed by atoms with Crippen molar-refractivity contribution in [2.24, 2.45) is 5.41 Å². The van der Waals surface area contributed by atoms with Crippen LogP contribution in [0.1, 0.15) is 58.8 Å². The number of hydrogen-bond donors (Lipinski definition) is 2. The van der Waals surface area contributed by atoms with Gasteiger partial charge in [-0.2, -0.15) is 4.08 Å². The molecule has 1 aliphatic heterocycles. The predicted molar refractivity (Wildman–Crippen MR) is 126 cm³/mol. The highest BCUT2D eigenvalue weighted by Gasteiger charge is 2.43. The number of thioether (sulfide) groups is 1. The van der Waals surface area contributed by atoms with Gasteiger partial charge >= 0.3 is 6.09 Å². The number of rotatable bonds is 9. The van der Waals surface area contributed by atoms with Crippen LogP contribution in [-0.2, 0) is 25.6 Å². The smallest absolute Gasteiger partial charge is 0.408 e. The SMILES string of the molecule is CCC1(CC)COP(=S)(N(SCNC(=O)OCC(=N)SC)C2CCCCC2)OC1. The molecule has 2 rings (SSSR count). The van der Waals surface area contributed by atoms with Crippen molar-refractivity contribution < 1.29 is 18.6 Å². The van der Waals surface area contributed by atoms with Gasteiger partial charge in [-0.05, 0) is 55.7 Å². The molecule has 0 atom stereocenters. The second kappa shape index (κ2) is 12.3. The molecule has 0 bridgehead atoms. The van der Waals surface area contributed by atoms with Crippen LogP contribution in [0.3, 0.4) is 0 Å². The van der Waals surface area contributed by atoms with E-state index in [4.69, 9.17) is 31.0 Å². The Labute approximate surface area is 188 Å². The lowest BCUT2D eigenvalue weighted by molar-refractivity contribution is 0.0164. The second-order valence-electron chi connectivity index (χ2n) is 7.47. The third-order valence-electron chi connectivity index (χ3n) is 5.69. The number of ether oxygens (including phenoxy) is 1. The fourth-order valence-corrected chi connectivity index (χ4v) is 8.25. The zero-order valence-electron chi connectivity index (χ0n) is 17.6. The van der Waals surface area contributed by atoms with E-state index in [2.05, 4.69) is 23.2 Å². The Kier molecular flexibility index (Phi) is 10.8. The molecule has 1 saturated heterocycles. The molecule has 1 heterocycles. The van der Waals surface area contributed by atoms with Gasteiger partial charge in [0.1, 0.15) is 11.7 Å². The summed E-state index contributed by atoms with van der Waals surface area (Å²) in [5.41, 5.74) is 0.0506. The molecule has 2 N–H and O–H groups in total. The van der Waals surface area contributed by atoms with Crippen molar-refractivity contribution in [2.45, 2.75) is 64.8 Å². The van der Waals surface area contributed by atoms with Crippen LogP contribution in [0.25, 0.3) is 0 Å². The van der Waals surface area contributed by atoms with Gasteiger partial charge in [0.2, 0.25) is 0 Å². The Balaban J connectivity index is 1.96. The number of carbonyl (C=O) groups is 1. The Hall–Kier alpha value is 0.170. The van der Waals surface area contributed by atoms with Crippen molar-refractivity contribution in [1.29, 1.82) is 5.41 Å². The summed E-state index contributed by atoms with van der Waals surface area (Å²) in [6.07, 6.45) is 9.01. The summed E-state index contributed by atoms with van der Waals surface area (Å²) < 4.78 is 19.7. The molecule has 0 aromatic carbocycles. The molecule has 29 heavy (non-hydrogen) atoms. The molecule has 0 radical (unpaired) electrons. The summed E-state index contributed by atoms with van der Waals surface area (Å²) in [5.74, 6) is 0.333. The van der Waals surface area contributed by atoms with E-state index in [1.807, 2.05) is 0 Å². The molecule has 1 amide bonds. The van der Waals surface area contributed by atoms with E-state index in [-0.39, 0.29) is 12.0 Å². The standard InChI is InChI=1S/C18H34N3O4PS3/c1-4-18(5-2)12-24-26(27,25-13-18)21(15-9-7-6-8-10-15)29-14-20-17(22)23-11-16(19)28-3/h15,19H,4-14H2,1-3H3,(H,20,22). The molecular formula is C18H34N3O4PS3. The fraction of sp³-hybridized carbons (Fsp3) is 0.889. The van der Waals surface area contributed by atoms with Gasteiger partial charge in [0.25, 0.3) is 6.64 Å². The van der Waals surface area contributed by atoms with E-state index in [0.29, 0.717) is 30.2 Å². The largest absolute Gasteiger partial charge is 0.442 e. The van der Waals surface area contributed by atoms with E-state index in [1.165, 1.54) is 43.0 Å². The maximum Gasteiger partial charge on any atom is 0.408 e. The second-order valence-corrected chi connectivity index (χ2v) is 12.9. The van der Waals surface area contributed by atoms with Crippen molar-refractivity contribution in [2.75, 3.05) is 32.0 Å². The molecule has 11 heteroatoms. The van der Waals surface area contributed by atoms with Crippen LogP contribution in [-0.4, -0.2) is 53.2 Å². The highest BCUT2D eigenvalue weighted by molar-refractivity contribution is 8.15. The number of nitrogens with zero attached hydrogens (tertiary/aromatic N) is 1. The summed E-state index contributed by atoms with van der Waals surface area (Å²) in [4.78, 5) is 11.9. The maximum atomic E-state index is 11.9. The third-order valence-corrected chi connectivity index (χ3v) is 11.3. The van der Waals surface area contributed by atoms with Crippen LogP contribution < -0.4 is 5.32 Å². The molecule has 2 fully saturated rings. The quantitative estimate of drug-likeness (QED) is 0.149. The lowest BCUT2D eigenvalue weighted by atomic mass is 9.84. The minimum absolute atomic E-state index is 0.00960. The molecule has 0 aromatic rings. The first-order valence-corrected chi connectivity index (χ1v) is 15.0. The molecular weight excluding hydrogens is 449 g/mol. The fourth-order valence-electron chi connectivity index (χ4n) is 3.36. The first-order valence-electron chi connectivity index (χ1n) is 10.2. The van der Waals surface area contributed by atoms with Crippen molar-refractivity contribution in [3.63, 3.8) is 0 Å². The van der Waals surface area contributed by atoms with Crippen LogP contribution in [0.2, 0.25) is 0 Å². The maximum absolute atomic E-state index is 11.9. The van der Waals surface area contributed by atoms with Crippen LogP contribution >= 0.6 is 30.4 Å². The minimum atomic E-state index is -2.59. The van der Waals surface area contributed by atoms with E-state index in [1.54, 1.807) is 6.26 Å². The average Bonchev–Trinajstić information content (AvgIpc) is 2.76. The number of alkyl carbamates (subject to hydrolysis) is 1. The van der Waals surface area contributed by atoms with E-state index in [0.717, 1.165) is 25.7 Å². The van der Waals surface area contributed by atoms with Crippen molar-refractivity contribution in [1.82, 2.24) is 9.39 Å². The van der Waals surface area contributed by atoms with E-state index in [9.17, 15) is 4.79 Å². The monoisotopic (exact) mass is 483 g/mol. The number of nitrogens with one attached hydrogen (secondary N) is 2. The Morgan fingerprint density at radius 3 is 2.45 bits per heavy atom. The van der Waals surface area contributed by atoms with Crippen LogP contribution in [0.4, 0.5) is 4.79 Å². The first kappa shape index (κ1) is 25.4. The van der Waals surface area contributed by atoms with Crippen LogP contribution in [0.15, 0.2) is 0 Å². The Morgan fingerprint density at radius 2 is 1.90 bits per heavy atom. The normalized spacial score (nSPS) is 21.7. The van der Waals surface area contributed by atoms with Gasteiger partial charge in [-0.3, -0.25) is 5.41 Å². The molecule has 0 unspecified atom stereocenters. The Bertz CT molecular complexity index is 587. The first-order chi connectivity index (χ1) is 13.9. The van der Waals surface area contributed by atoms with Gasteiger partial charge in [-0.25, -0.2) is 4.79 Å². The summed E-state index contributed by atoms with van der Waals surface area (Å²) in [6.45, 7) is 3.00. The highest BCUT2D eigenvalue weighted by atomic mass is 32.5. The van der Waals surface area contributed by atoms with Gasteiger partial charge < -0.3 is 19.1 Å². The highest BCUT2D eigenvalue weighted by Crippen LogP contribution is 2.62. The van der Waals surface area contributed by atoms with Gasteiger partial charge in [0.15, 0.2) is 0 Å². The summed E-state index contributed by atoms with van der Waals surface area (Å²) in [7, 11) is 0. The van der Waals surface area contributed by atoms with Crippen molar-refractivity contribution in [3.05, 3.63) is 0 Å². The van der Waals surface area contributed by atoms with Crippen LogP contribution in [0.5, 0.6) is 0 Å². The molecule has 168 valence electrons. The summed E-state index contributed by atoms with van der Waals surface area (Å²) in [6, 6.07) is 0.304. The molecule has 1 aliphatic carbocycles. The third kappa shape index (κ3) is 7.37. The topological polar surface area (TPSA) is 83.9 Å². The van der Waals surface area contributed by atoms with E-state index >= 15 is 0 Å². The molecule has 0 spiro atoms. The minimum Gasteiger partial charge on any atom is -0.442 e. The lowest BCUT2D eigenvalue weighted by Crippen LogP contribution is -2.40. The summed E-state index contributed by atoms with van der Waals surface area (Å²) in [5, 5.41) is 10.6. The van der Waals surface area contributed by atoms with E-state index < -0.39 is 12.7 Å². The van der Waals surface area contributed by atoms with Gasteiger partial charge in [0.05, 0.1) is 19.1 Å². The van der Waals surface area contributed by atoms with Crippen LogP contribution in [0, 0.1) is 10.8 Å². The van der Waals surface area contributed by atoms with Gasteiger partial charge in [-0.1, -0.05) is 33.1 Å². The zero-order chi connectivity index (χ0) is 21.3. The molecule has 2 aliphatic rings. The molecule has 1 saturated carbocycles. The summed E-state index contributed by atoms with van der Waals surface area (Å²) >= 11 is 8.66. The van der Waals surface area contributed by atoms with Gasteiger partial charge in [-0.15, -0.1) is 11.8 Å². The number of hydrogen-bond acceptors (Lipinski definition) is 8. The van der Waals surface area contributed by atoms with Crippen molar-refractivity contribution in [3.8, 4) is 0 Å². The predicted octanol–water partition coefficient (Wildman–Crippen LogP) is 5.37. The number of carbonyl (C=O) groups excluding carboxylic acids is 1. The zero-order valence-corrected chi connectivity index (χ0v) is 21.0. The molecule has 0 aromatic heterocycles. The lowest BCUT2D eigenvalue weighted by Gasteiger charge is -2.46. The van der Waals surface area contributed by atoms with Gasteiger partial charge in [0, 0.05) is 11.5 Å². The molecule has 7 nitrogen and oxygen atoms in total.